The molecule has 2 rings (SSSR count). The Bertz CT molecular complexity index is 378. The molecule has 1 aromatic heterocycles. The van der Waals surface area contributed by atoms with E-state index in [4.69, 9.17) is 5.73 Å². The van der Waals surface area contributed by atoms with Crippen molar-refractivity contribution in [2.45, 2.75) is 31.8 Å². The smallest absolute Gasteiger partial charge is 0.169 e. The fourth-order valence-corrected chi connectivity index (χ4v) is 2.57. The number of likely N-dealkylation sites (N-methyl/N-ethyl adjacent to an activating group) is 2. The van der Waals surface area contributed by atoms with Gasteiger partial charge in [0.2, 0.25) is 0 Å². The third-order valence-corrected chi connectivity index (χ3v) is 3.75. The van der Waals surface area contributed by atoms with Crippen LogP contribution in [0.2, 0.25) is 0 Å². The quantitative estimate of drug-likeness (QED) is 0.740. The van der Waals surface area contributed by atoms with E-state index in [1.54, 1.807) is 0 Å². The van der Waals surface area contributed by atoms with E-state index in [1.807, 2.05) is 4.68 Å². The van der Waals surface area contributed by atoms with Gasteiger partial charge in [-0.3, -0.25) is 4.90 Å². The lowest BCUT2D eigenvalue weighted by molar-refractivity contribution is 0.212. The first-order chi connectivity index (χ1) is 9.22. The molecule has 1 aliphatic rings. The highest BCUT2D eigenvalue weighted by atomic mass is 15.6. The van der Waals surface area contributed by atoms with Crippen molar-refractivity contribution >= 4 is 0 Å². The van der Waals surface area contributed by atoms with Crippen molar-refractivity contribution in [3.8, 4) is 0 Å². The number of hydrogen-bond acceptors (Lipinski definition) is 6. The molecule has 19 heavy (non-hydrogen) atoms. The minimum atomic E-state index is 0.278. The number of tetrazole rings is 1. The molecule has 0 amide bonds. The fraction of sp³-hybridized carbons (Fsp3) is 0.917. The monoisotopic (exact) mass is 267 g/mol. The van der Waals surface area contributed by atoms with Crippen LogP contribution < -0.4 is 5.73 Å². The molecule has 1 atom stereocenters. The summed E-state index contributed by atoms with van der Waals surface area (Å²) in [6.07, 6.45) is 3.23. The van der Waals surface area contributed by atoms with Gasteiger partial charge in [0.25, 0.3) is 0 Å². The molecule has 1 aliphatic heterocycles. The number of unbranched alkanes of at least 4 members (excludes halogenated alkanes) is 1. The lowest BCUT2D eigenvalue weighted by Gasteiger charge is -2.26. The molecule has 1 fully saturated rings. The number of rotatable bonds is 5. The Hall–Kier alpha value is -1.05. The molecule has 0 spiro atoms. The number of nitrogens with two attached hydrogens (primary N) is 1. The topological polar surface area (TPSA) is 76.1 Å². The van der Waals surface area contributed by atoms with E-state index in [-0.39, 0.29) is 6.04 Å². The molecule has 1 aromatic rings. The number of nitrogens with zero attached hydrogens (tertiary/aromatic N) is 6. The van der Waals surface area contributed by atoms with Gasteiger partial charge in [0.05, 0.1) is 6.04 Å². The van der Waals surface area contributed by atoms with E-state index in [1.165, 1.54) is 6.42 Å². The second-order valence-corrected chi connectivity index (χ2v) is 5.37. The van der Waals surface area contributed by atoms with Gasteiger partial charge >= 0.3 is 0 Å². The van der Waals surface area contributed by atoms with Crippen molar-refractivity contribution in [3.05, 3.63) is 5.82 Å². The van der Waals surface area contributed by atoms with E-state index in [2.05, 4.69) is 39.4 Å². The summed E-state index contributed by atoms with van der Waals surface area (Å²) in [5.41, 5.74) is 5.53. The average Bonchev–Trinajstić information content (AvgIpc) is 2.77. The summed E-state index contributed by atoms with van der Waals surface area (Å²) >= 11 is 0. The largest absolute Gasteiger partial charge is 0.330 e. The van der Waals surface area contributed by atoms with Crippen molar-refractivity contribution in [2.24, 2.45) is 5.73 Å². The molecule has 0 radical (unpaired) electrons. The molecule has 0 aliphatic carbocycles. The SMILES string of the molecule is CN1CCCN(C)C(c2nnnn2CCCCN)C1. The van der Waals surface area contributed by atoms with Crippen LogP contribution in [0.5, 0.6) is 0 Å². The van der Waals surface area contributed by atoms with Crippen molar-refractivity contribution < 1.29 is 0 Å². The van der Waals surface area contributed by atoms with Gasteiger partial charge < -0.3 is 10.6 Å². The Morgan fingerprint density at radius 1 is 1.26 bits per heavy atom. The molecule has 0 bridgehead atoms. The van der Waals surface area contributed by atoms with Crippen LogP contribution in [-0.4, -0.2) is 70.3 Å². The van der Waals surface area contributed by atoms with E-state index >= 15 is 0 Å². The normalized spacial score (nSPS) is 22.6. The molecule has 0 aromatic carbocycles. The lowest BCUT2D eigenvalue weighted by atomic mass is 10.2. The molecular formula is C12H25N7. The average molecular weight is 267 g/mol. The predicted molar refractivity (Wildman–Crippen MR) is 73.6 cm³/mol. The molecule has 2 N–H and O–H groups in total. The Balaban J connectivity index is 2.08. The zero-order valence-corrected chi connectivity index (χ0v) is 12.0. The minimum Gasteiger partial charge on any atom is -0.330 e. The maximum Gasteiger partial charge on any atom is 0.169 e. The van der Waals surface area contributed by atoms with Crippen LogP contribution in [0.1, 0.15) is 31.1 Å². The fourth-order valence-electron chi connectivity index (χ4n) is 2.57. The van der Waals surface area contributed by atoms with E-state index in [0.29, 0.717) is 0 Å². The van der Waals surface area contributed by atoms with Crippen molar-refractivity contribution in [3.63, 3.8) is 0 Å². The Labute approximate surface area is 114 Å². The lowest BCUT2D eigenvalue weighted by Crippen LogP contribution is -2.33. The molecule has 0 saturated carbocycles. The predicted octanol–water partition coefficient (Wildman–Crippen LogP) is -0.280. The minimum absolute atomic E-state index is 0.278. The zero-order valence-electron chi connectivity index (χ0n) is 12.0. The van der Waals surface area contributed by atoms with Gasteiger partial charge in [0.15, 0.2) is 5.82 Å². The molecule has 1 unspecified atom stereocenters. The first-order valence-corrected chi connectivity index (χ1v) is 7.07. The van der Waals surface area contributed by atoms with E-state index in [9.17, 15) is 0 Å². The summed E-state index contributed by atoms with van der Waals surface area (Å²) in [7, 11) is 4.32. The molecule has 1 saturated heterocycles. The highest BCUT2D eigenvalue weighted by Gasteiger charge is 2.26. The zero-order chi connectivity index (χ0) is 13.7. The van der Waals surface area contributed by atoms with Gasteiger partial charge in [-0.25, -0.2) is 4.68 Å². The second kappa shape index (κ2) is 6.93. The van der Waals surface area contributed by atoms with Gasteiger partial charge in [-0.1, -0.05) is 0 Å². The second-order valence-electron chi connectivity index (χ2n) is 5.37. The van der Waals surface area contributed by atoms with E-state index in [0.717, 1.165) is 51.4 Å². The van der Waals surface area contributed by atoms with Crippen molar-refractivity contribution in [1.29, 1.82) is 0 Å². The Morgan fingerprint density at radius 3 is 2.89 bits per heavy atom. The molecule has 2 heterocycles. The third kappa shape index (κ3) is 3.71. The summed E-state index contributed by atoms with van der Waals surface area (Å²) < 4.78 is 1.94. The summed E-state index contributed by atoms with van der Waals surface area (Å²) in [6, 6.07) is 0.278. The first-order valence-electron chi connectivity index (χ1n) is 7.07. The van der Waals surface area contributed by atoms with Gasteiger partial charge in [0, 0.05) is 13.1 Å². The van der Waals surface area contributed by atoms with Crippen LogP contribution in [0.3, 0.4) is 0 Å². The maximum atomic E-state index is 5.53. The van der Waals surface area contributed by atoms with Crippen LogP contribution in [0.15, 0.2) is 0 Å². The molecular weight excluding hydrogens is 242 g/mol. The van der Waals surface area contributed by atoms with Crippen molar-refractivity contribution in [2.75, 3.05) is 40.3 Å². The first kappa shape index (κ1) is 14.4. The van der Waals surface area contributed by atoms with E-state index < -0.39 is 0 Å². The van der Waals surface area contributed by atoms with Gasteiger partial charge in [-0.15, -0.1) is 5.10 Å². The molecule has 7 nitrogen and oxygen atoms in total. The van der Waals surface area contributed by atoms with Crippen LogP contribution in [-0.2, 0) is 6.54 Å². The summed E-state index contributed by atoms with van der Waals surface area (Å²) in [4.78, 5) is 4.71. The summed E-state index contributed by atoms with van der Waals surface area (Å²) in [6.45, 7) is 4.78. The third-order valence-electron chi connectivity index (χ3n) is 3.75. The molecule has 7 heteroatoms. The summed E-state index contributed by atoms with van der Waals surface area (Å²) in [5.74, 6) is 0.980. The van der Waals surface area contributed by atoms with Gasteiger partial charge in [-0.2, -0.15) is 0 Å². The summed E-state index contributed by atoms with van der Waals surface area (Å²) in [5, 5.41) is 12.2. The standard InChI is InChI=1S/C12H25N7/c1-17-7-5-8-18(2)11(10-17)12-14-15-16-19(12)9-4-3-6-13/h11H,3-10,13H2,1-2H3. The van der Waals surface area contributed by atoms with Crippen LogP contribution >= 0.6 is 0 Å². The van der Waals surface area contributed by atoms with Crippen LogP contribution in [0.25, 0.3) is 0 Å². The van der Waals surface area contributed by atoms with Crippen LogP contribution in [0.4, 0.5) is 0 Å². The maximum absolute atomic E-state index is 5.53. The van der Waals surface area contributed by atoms with Gasteiger partial charge in [-0.05, 0) is 63.4 Å². The van der Waals surface area contributed by atoms with Gasteiger partial charge in [0.1, 0.15) is 0 Å². The number of hydrogen-bond donors (Lipinski definition) is 1. The van der Waals surface area contributed by atoms with Crippen LogP contribution in [0, 0.1) is 0 Å². The van der Waals surface area contributed by atoms with Crippen molar-refractivity contribution in [1.82, 2.24) is 30.0 Å². The molecule has 108 valence electrons. The Kier molecular flexibility index (Phi) is 5.24. The number of aromatic nitrogens is 4. The Morgan fingerprint density at radius 2 is 2.11 bits per heavy atom. The highest BCUT2D eigenvalue weighted by molar-refractivity contribution is 4.95. The highest BCUT2D eigenvalue weighted by Crippen LogP contribution is 2.20. The number of aryl methyl sites for hydroxylation is 1.